The van der Waals surface area contributed by atoms with Gasteiger partial charge in [0.25, 0.3) is 5.91 Å². The Labute approximate surface area is 78.1 Å². The van der Waals surface area contributed by atoms with Gasteiger partial charge in [0.2, 0.25) is 0 Å². The van der Waals surface area contributed by atoms with E-state index < -0.39 is 0 Å². The van der Waals surface area contributed by atoms with Crippen molar-refractivity contribution in [3.05, 3.63) is 0 Å². The third-order valence-corrected chi connectivity index (χ3v) is 2.93. The van der Waals surface area contributed by atoms with Gasteiger partial charge in [0.15, 0.2) is 0 Å². The number of thiocarbonyl (C=S) groups is 1. The minimum absolute atomic E-state index is 0.0579. The maximum Gasteiger partial charge on any atom is 0.260 e. The van der Waals surface area contributed by atoms with E-state index in [4.69, 9.17) is 0 Å². The van der Waals surface area contributed by atoms with Crippen LogP contribution < -0.4 is 0 Å². The molecule has 0 aliphatic heterocycles. The van der Waals surface area contributed by atoms with Crippen molar-refractivity contribution in [2.45, 2.75) is 39.0 Å². The van der Waals surface area contributed by atoms with Crippen LogP contribution in [0.5, 0.6) is 0 Å². The number of isothiocyanates is 1. The molecule has 2 nitrogen and oxygen atoms in total. The smallest absolute Gasteiger partial charge is 0.260 e. The van der Waals surface area contributed by atoms with Gasteiger partial charge in [0, 0.05) is 0 Å². The fraction of sp³-hybridized carbons (Fsp3) is 0.778. The minimum Gasteiger partial charge on any atom is -0.271 e. The van der Waals surface area contributed by atoms with E-state index in [1.54, 1.807) is 0 Å². The number of rotatable bonds is 2. The third-order valence-electron chi connectivity index (χ3n) is 2.84. The first-order chi connectivity index (χ1) is 5.75. The zero-order valence-corrected chi connectivity index (χ0v) is 8.12. The van der Waals surface area contributed by atoms with Crippen molar-refractivity contribution in [3.63, 3.8) is 0 Å². The van der Waals surface area contributed by atoms with Gasteiger partial charge in [-0.25, -0.2) is 0 Å². The van der Waals surface area contributed by atoms with Crippen molar-refractivity contribution in [3.8, 4) is 0 Å². The van der Waals surface area contributed by atoms with E-state index in [2.05, 4.69) is 22.4 Å². The zero-order valence-electron chi connectivity index (χ0n) is 7.30. The Balaban J connectivity index is 2.78. The van der Waals surface area contributed by atoms with Crippen LogP contribution in [0, 0.1) is 5.41 Å². The molecule has 0 spiro atoms. The van der Waals surface area contributed by atoms with Gasteiger partial charge in [-0.15, -0.1) is 0 Å². The van der Waals surface area contributed by atoms with Crippen LogP contribution in [0.25, 0.3) is 0 Å². The molecule has 0 aromatic heterocycles. The van der Waals surface area contributed by atoms with Crippen molar-refractivity contribution in [1.29, 1.82) is 0 Å². The minimum atomic E-state index is -0.189. The molecule has 1 amide bonds. The summed E-state index contributed by atoms with van der Waals surface area (Å²) in [5.41, 5.74) is -0.189. The molecular weight excluding hydrogens is 170 g/mol. The normalized spacial score (nSPS) is 20.1. The number of hydrogen-bond acceptors (Lipinski definition) is 2. The Kier molecular flexibility index (Phi) is 3.12. The van der Waals surface area contributed by atoms with Crippen LogP contribution in [0.4, 0.5) is 0 Å². The molecule has 12 heavy (non-hydrogen) atoms. The summed E-state index contributed by atoms with van der Waals surface area (Å²) in [5, 5.41) is 2.16. The molecule has 0 heterocycles. The van der Waals surface area contributed by atoms with Crippen LogP contribution in [0.15, 0.2) is 4.99 Å². The zero-order chi connectivity index (χ0) is 9.03. The monoisotopic (exact) mass is 183 g/mol. The molecule has 1 fully saturated rings. The summed E-state index contributed by atoms with van der Waals surface area (Å²) in [6.07, 6.45) is 5.12. The maximum atomic E-state index is 11.5. The molecule has 0 saturated heterocycles. The van der Waals surface area contributed by atoms with Crippen LogP contribution in [0.1, 0.15) is 39.0 Å². The molecule has 0 bridgehead atoms. The summed E-state index contributed by atoms with van der Waals surface area (Å²) in [5.74, 6) is -0.0579. The van der Waals surface area contributed by atoms with Gasteiger partial charge in [-0.3, -0.25) is 4.79 Å². The molecule has 0 radical (unpaired) electrons. The molecular formula is C9H13NOS. The molecule has 0 aromatic carbocycles. The molecule has 1 aliphatic carbocycles. The Morgan fingerprint density at radius 1 is 1.58 bits per heavy atom. The fourth-order valence-corrected chi connectivity index (χ4v) is 2.01. The Bertz CT molecular complexity index is 225. The Morgan fingerprint density at radius 3 is 2.58 bits per heavy atom. The largest absolute Gasteiger partial charge is 0.271 e. The first kappa shape index (κ1) is 9.56. The molecule has 0 unspecified atom stereocenters. The predicted octanol–water partition coefficient (Wildman–Crippen LogP) is 2.59. The lowest BCUT2D eigenvalue weighted by molar-refractivity contribution is -0.127. The molecule has 0 aromatic rings. The molecule has 1 saturated carbocycles. The van der Waals surface area contributed by atoms with E-state index >= 15 is 0 Å². The van der Waals surface area contributed by atoms with E-state index in [0.29, 0.717) is 0 Å². The molecule has 0 atom stereocenters. The lowest BCUT2D eigenvalue weighted by Gasteiger charge is -2.21. The van der Waals surface area contributed by atoms with Crippen molar-refractivity contribution >= 4 is 23.3 Å². The Hall–Kier alpha value is -0.530. The van der Waals surface area contributed by atoms with E-state index in [-0.39, 0.29) is 11.3 Å². The highest BCUT2D eigenvalue weighted by molar-refractivity contribution is 7.78. The van der Waals surface area contributed by atoms with Crippen LogP contribution >= 0.6 is 12.2 Å². The highest BCUT2D eigenvalue weighted by atomic mass is 32.1. The van der Waals surface area contributed by atoms with E-state index in [1.807, 2.05) is 6.92 Å². The van der Waals surface area contributed by atoms with Gasteiger partial charge < -0.3 is 0 Å². The van der Waals surface area contributed by atoms with Gasteiger partial charge >= 0.3 is 0 Å². The second-order valence-electron chi connectivity index (χ2n) is 3.35. The van der Waals surface area contributed by atoms with Crippen molar-refractivity contribution < 1.29 is 4.79 Å². The first-order valence-electron chi connectivity index (χ1n) is 4.37. The van der Waals surface area contributed by atoms with Crippen molar-refractivity contribution in [2.75, 3.05) is 0 Å². The molecule has 1 aliphatic rings. The highest BCUT2D eigenvalue weighted by Crippen LogP contribution is 2.41. The van der Waals surface area contributed by atoms with Crippen LogP contribution in [-0.2, 0) is 4.79 Å². The number of aliphatic imine (C=N–C) groups is 1. The summed E-state index contributed by atoms with van der Waals surface area (Å²) in [6.45, 7) is 2.04. The average molecular weight is 183 g/mol. The summed E-state index contributed by atoms with van der Waals surface area (Å²) >= 11 is 4.42. The number of carbonyl (C=O) groups is 1. The van der Waals surface area contributed by atoms with Gasteiger partial charge in [0.1, 0.15) is 0 Å². The Morgan fingerprint density at radius 2 is 2.17 bits per heavy atom. The van der Waals surface area contributed by atoms with Gasteiger partial charge in [-0.05, 0) is 31.5 Å². The number of carbonyl (C=O) groups excluding carboxylic acids is 1. The van der Waals surface area contributed by atoms with Gasteiger partial charge in [0.05, 0.1) is 10.6 Å². The van der Waals surface area contributed by atoms with E-state index in [0.717, 1.165) is 32.1 Å². The third kappa shape index (κ3) is 1.62. The topological polar surface area (TPSA) is 29.4 Å². The average Bonchev–Trinajstić information content (AvgIpc) is 2.54. The first-order valence-corrected chi connectivity index (χ1v) is 4.78. The SMILES string of the molecule is CCC1(C(=O)N=C=S)CCCC1. The number of hydrogen-bond donors (Lipinski definition) is 0. The summed E-state index contributed by atoms with van der Waals surface area (Å²) in [4.78, 5) is 15.1. The van der Waals surface area contributed by atoms with Gasteiger partial charge in [-0.1, -0.05) is 19.8 Å². The summed E-state index contributed by atoms with van der Waals surface area (Å²) in [7, 11) is 0. The predicted molar refractivity (Wildman–Crippen MR) is 51.2 cm³/mol. The van der Waals surface area contributed by atoms with Crippen molar-refractivity contribution in [1.82, 2.24) is 0 Å². The van der Waals surface area contributed by atoms with Gasteiger partial charge in [-0.2, -0.15) is 4.99 Å². The molecule has 0 N–H and O–H groups in total. The quantitative estimate of drug-likeness (QED) is 0.486. The second kappa shape index (κ2) is 3.92. The lowest BCUT2D eigenvalue weighted by atomic mass is 9.83. The van der Waals surface area contributed by atoms with Crippen LogP contribution in [0.2, 0.25) is 0 Å². The van der Waals surface area contributed by atoms with Crippen molar-refractivity contribution in [2.24, 2.45) is 10.4 Å². The molecule has 1 rings (SSSR count). The maximum absolute atomic E-state index is 11.5. The van der Waals surface area contributed by atoms with Crippen LogP contribution in [-0.4, -0.2) is 11.1 Å². The number of nitrogens with zero attached hydrogens (tertiary/aromatic N) is 1. The second-order valence-corrected chi connectivity index (χ2v) is 3.53. The summed E-state index contributed by atoms with van der Waals surface area (Å²) < 4.78 is 0. The van der Waals surface area contributed by atoms with E-state index in [9.17, 15) is 4.79 Å². The number of amides is 1. The lowest BCUT2D eigenvalue weighted by Crippen LogP contribution is -2.25. The molecule has 66 valence electrons. The molecule has 3 heteroatoms. The standard InChI is InChI=1S/C9H13NOS/c1-2-9(5-3-4-6-9)8(11)10-7-12/h2-6H2,1H3. The summed E-state index contributed by atoms with van der Waals surface area (Å²) in [6, 6.07) is 0. The van der Waals surface area contributed by atoms with Crippen LogP contribution in [0.3, 0.4) is 0 Å². The fourth-order valence-electron chi connectivity index (χ4n) is 1.93. The highest BCUT2D eigenvalue weighted by Gasteiger charge is 2.39. The van der Waals surface area contributed by atoms with E-state index in [1.165, 1.54) is 0 Å².